The molecule has 0 unspecified atom stereocenters. The third-order valence-electron chi connectivity index (χ3n) is 3.37. The van der Waals surface area contributed by atoms with Crippen LogP contribution in [0.5, 0.6) is 0 Å². The lowest BCUT2D eigenvalue weighted by atomic mass is 10.1. The Morgan fingerprint density at radius 1 is 0.950 bits per heavy atom. The molecule has 0 aliphatic heterocycles. The van der Waals surface area contributed by atoms with Crippen LogP contribution in [-0.4, -0.2) is 4.98 Å². The Balaban J connectivity index is 2.05. The van der Waals surface area contributed by atoms with Gasteiger partial charge in [0.25, 0.3) is 0 Å². The Hall–Kier alpha value is -2.53. The minimum Gasteiger partial charge on any atom is -0.440 e. The molecule has 0 radical (unpaired) electrons. The fourth-order valence-electron chi connectivity index (χ4n) is 2.12. The first-order chi connectivity index (χ1) is 9.63. The quantitative estimate of drug-likeness (QED) is 0.568. The van der Waals surface area contributed by atoms with E-state index < -0.39 is 0 Å². The monoisotopic (exact) mass is 261 g/mol. The smallest absolute Gasteiger partial charge is 0.192 e. The van der Waals surface area contributed by atoms with Crippen LogP contribution in [0.4, 0.5) is 0 Å². The number of aryl methyl sites for hydroxylation is 3. The maximum absolute atomic E-state index is 5.62. The van der Waals surface area contributed by atoms with Gasteiger partial charge in [0.05, 0.1) is 5.56 Å². The molecule has 2 aromatic carbocycles. The zero-order valence-electron chi connectivity index (χ0n) is 11.8. The van der Waals surface area contributed by atoms with Crippen LogP contribution >= 0.6 is 0 Å². The predicted octanol–water partition coefficient (Wildman–Crippen LogP) is 4.15. The van der Waals surface area contributed by atoms with Crippen molar-refractivity contribution in [1.82, 2.24) is 4.98 Å². The molecular formula is C18H15NO. The van der Waals surface area contributed by atoms with Crippen molar-refractivity contribution in [3.63, 3.8) is 0 Å². The Labute approximate surface area is 118 Å². The topological polar surface area (TPSA) is 26.0 Å². The molecule has 3 rings (SSSR count). The van der Waals surface area contributed by atoms with Gasteiger partial charge in [-0.15, -0.1) is 0 Å². The summed E-state index contributed by atoms with van der Waals surface area (Å²) in [6.07, 6.45) is 0. The third kappa shape index (κ3) is 2.31. The van der Waals surface area contributed by atoms with Crippen LogP contribution in [0, 0.1) is 32.6 Å². The normalized spacial score (nSPS) is 10.3. The van der Waals surface area contributed by atoms with Gasteiger partial charge in [-0.05, 0) is 49.2 Å². The Bertz CT molecular complexity index is 847. The molecule has 1 aromatic heterocycles. The maximum atomic E-state index is 5.62. The molecule has 0 atom stereocenters. The second kappa shape index (κ2) is 4.86. The van der Waals surface area contributed by atoms with Gasteiger partial charge in [-0.3, -0.25) is 0 Å². The van der Waals surface area contributed by atoms with Gasteiger partial charge in [0.2, 0.25) is 0 Å². The second-order valence-electron chi connectivity index (χ2n) is 4.94. The summed E-state index contributed by atoms with van der Waals surface area (Å²) in [6.45, 7) is 6.05. The van der Waals surface area contributed by atoms with E-state index in [-0.39, 0.29) is 0 Å². The summed E-state index contributed by atoms with van der Waals surface area (Å²) < 4.78 is 5.62. The molecule has 0 aliphatic carbocycles. The van der Waals surface area contributed by atoms with E-state index in [9.17, 15) is 0 Å². The van der Waals surface area contributed by atoms with Crippen LogP contribution in [-0.2, 0) is 0 Å². The summed E-state index contributed by atoms with van der Waals surface area (Å²) >= 11 is 0. The fraction of sp³-hybridized carbons (Fsp3) is 0.167. The van der Waals surface area contributed by atoms with Gasteiger partial charge in [-0.2, -0.15) is 0 Å². The summed E-state index contributed by atoms with van der Waals surface area (Å²) in [6, 6.07) is 12.1. The number of hydrogen-bond donors (Lipinski definition) is 0. The number of oxazole rings is 1. The first-order valence-electron chi connectivity index (χ1n) is 6.59. The Morgan fingerprint density at radius 2 is 1.80 bits per heavy atom. The zero-order valence-corrected chi connectivity index (χ0v) is 11.8. The zero-order chi connectivity index (χ0) is 14.1. The van der Waals surface area contributed by atoms with Crippen molar-refractivity contribution in [3.05, 3.63) is 64.5 Å². The van der Waals surface area contributed by atoms with E-state index >= 15 is 0 Å². The number of para-hydroxylation sites is 1. The minimum atomic E-state index is 0.667. The standard InChI is InChI=1S/C18H15NO/c1-12-7-8-15(11-13(12)2)9-10-16-5-4-6-17-18(16)20-14(3)19-17/h4-8,11H,1-3H3. The third-order valence-corrected chi connectivity index (χ3v) is 3.37. The Morgan fingerprint density at radius 3 is 2.60 bits per heavy atom. The molecule has 0 saturated carbocycles. The molecule has 0 fully saturated rings. The van der Waals surface area contributed by atoms with Crippen molar-refractivity contribution in [2.45, 2.75) is 20.8 Å². The highest BCUT2D eigenvalue weighted by molar-refractivity contribution is 5.79. The predicted molar refractivity (Wildman–Crippen MR) is 80.6 cm³/mol. The molecule has 0 aliphatic rings. The molecule has 0 amide bonds. The highest BCUT2D eigenvalue weighted by atomic mass is 16.3. The van der Waals surface area contributed by atoms with E-state index in [1.807, 2.05) is 31.2 Å². The number of fused-ring (bicyclic) bond motifs is 1. The van der Waals surface area contributed by atoms with Crippen LogP contribution in [0.15, 0.2) is 40.8 Å². The van der Waals surface area contributed by atoms with Crippen LogP contribution in [0.1, 0.15) is 28.1 Å². The van der Waals surface area contributed by atoms with Crippen molar-refractivity contribution < 1.29 is 4.42 Å². The number of aromatic nitrogens is 1. The minimum absolute atomic E-state index is 0.667. The largest absolute Gasteiger partial charge is 0.440 e. The van der Waals surface area contributed by atoms with Gasteiger partial charge >= 0.3 is 0 Å². The lowest BCUT2D eigenvalue weighted by Crippen LogP contribution is -1.83. The molecule has 2 heteroatoms. The fourth-order valence-corrected chi connectivity index (χ4v) is 2.12. The molecule has 0 spiro atoms. The van der Waals surface area contributed by atoms with E-state index in [0.717, 1.165) is 22.2 Å². The summed E-state index contributed by atoms with van der Waals surface area (Å²) in [7, 11) is 0. The summed E-state index contributed by atoms with van der Waals surface area (Å²) in [5, 5.41) is 0. The maximum Gasteiger partial charge on any atom is 0.192 e. The molecule has 3 aromatic rings. The molecule has 0 saturated heterocycles. The van der Waals surface area contributed by atoms with Crippen molar-refractivity contribution >= 4 is 11.1 Å². The summed E-state index contributed by atoms with van der Waals surface area (Å²) in [5.74, 6) is 7.04. The lowest BCUT2D eigenvalue weighted by molar-refractivity contribution is 0.560. The van der Waals surface area contributed by atoms with Crippen LogP contribution in [0.2, 0.25) is 0 Å². The molecule has 20 heavy (non-hydrogen) atoms. The van der Waals surface area contributed by atoms with E-state index in [1.54, 1.807) is 0 Å². The van der Waals surface area contributed by atoms with Gasteiger partial charge in [0.1, 0.15) is 5.52 Å². The highest BCUT2D eigenvalue weighted by Gasteiger charge is 2.05. The first-order valence-corrected chi connectivity index (χ1v) is 6.59. The van der Waals surface area contributed by atoms with Crippen molar-refractivity contribution in [2.24, 2.45) is 0 Å². The number of hydrogen-bond acceptors (Lipinski definition) is 2. The molecular weight excluding hydrogens is 246 g/mol. The molecule has 98 valence electrons. The summed E-state index contributed by atoms with van der Waals surface area (Å²) in [5.41, 5.74) is 6.05. The van der Waals surface area contributed by atoms with E-state index in [2.05, 4.69) is 42.8 Å². The second-order valence-corrected chi connectivity index (χ2v) is 4.94. The van der Waals surface area contributed by atoms with Gasteiger partial charge in [-0.1, -0.05) is 24.0 Å². The van der Waals surface area contributed by atoms with Gasteiger partial charge in [-0.25, -0.2) is 4.98 Å². The van der Waals surface area contributed by atoms with Crippen molar-refractivity contribution in [1.29, 1.82) is 0 Å². The molecule has 0 bridgehead atoms. The van der Waals surface area contributed by atoms with Gasteiger partial charge in [0, 0.05) is 12.5 Å². The van der Waals surface area contributed by atoms with E-state index in [0.29, 0.717) is 5.89 Å². The van der Waals surface area contributed by atoms with E-state index in [1.165, 1.54) is 11.1 Å². The average Bonchev–Trinajstić information content (AvgIpc) is 2.81. The molecule has 0 N–H and O–H groups in total. The number of benzene rings is 2. The average molecular weight is 261 g/mol. The van der Waals surface area contributed by atoms with Gasteiger partial charge in [0.15, 0.2) is 11.5 Å². The highest BCUT2D eigenvalue weighted by Crippen LogP contribution is 2.19. The van der Waals surface area contributed by atoms with Gasteiger partial charge < -0.3 is 4.42 Å². The number of rotatable bonds is 0. The van der Waals surface area contributed by atoms with E-state index in [4.69, 9.17) is 4.42 Å². The van der Waals surface area contributed by atoms with Crippen molar-refractivity contribution in [2.75, 3.05) is 0 Å². The lowest BCUT2D eigenvalue weighted by Gasteiger charge is -1.98. The first kappa shape index (κ1) is 12.5. The van der Waals surface area contributed by atoms with Crippen molar-refractivity contribution in [3.8, 4) is 11.8 Å². The molecule has 1 heterocycles. The van der Waals surface area contributed by atoms with Crippen LogP contribution in [0.3, 0.4) is 0 Å². The number of nitrogens with zero attached hydrogens (tertiary/aromatic N) is 1. The SMILES string of the molecule is Cc1nc2cccc(C#Cc3ccc(C)c(C)c3)c2o1. The Kier molecular flexibility index (Phi) is 3.04. The summed E-state index contributed by atoms with van der Waals surface area (Å²) in [4.78, 5) is 4.32. The van der Waals surface area contributed by atoms with Crippen LogP contribution in [0.25, 0.3) is 11.1 Å². The molecule has 2 nitrogen and oxygen atoms in total. The van der Waals surface area contributed by atoms with Crippen LogP contribution < -0.4 is 0 Å².